The zero-order chi connectivity index (χ0) is 26.5. The summed E-state index contributed by atoms with van der Waals surface area (Å²) in [6.45, 7) is 2.45. The molecular formula is C30H27N3O3S2. The molecule has 1 N–H and O–H groups in total. The second-order valence-corrected chi connectivity index (χ2v) is 11.4. The van der Waals surface area contributed by atoms with Crippen LogP contribution < -0.4 is 5.32 Å². The maximum Gasteiger partial charge on any atom is 0.283 e. The van der Waals surface area contributed by atoms with E-state index in [-0.39, 0.29) is 16.5 Å². The molecule has 0 aliphatic heterocycles. The minimum absolute atomic E-state index is 0.0332. The maximum atomic E-state index is 13.3. The van der Waals surface area contributed by atoms with E-state index in [2.05, 4.69) is 10.3 Å². The Labute approximate surface area is 230 Å². The number of rotatable bonds is 8. The lowest BCUT2D eigenvalue weighted by atomic mass is 9.95. The highest BCUT2D eigenvalue weighted by Gasteiger charge is 2.25. The molecule has 6 nitrogen and oxygen atoms in total. The van der Waals surface area contributed by atoms with Gasteiger partial charge in [0.1, 0.15) is 5.00 Å². The monoisotopic (exact) mass is 541 g/mol. The van der Waals surface area contributed by atoms with Crippen LogP contribution in [0.3, 0.4) is 0 Å². The number of hydrogen-bond acceptors (Lipinski definition) is 6. The van der Waals surface area contributed by atoms with Crippen molar-refractivity contribution >= 4 is 45.9 Å². The summed E-state index contributed by atoms with van der Waals surface area (Å²) in [5.74, 6) is -0.128. The molecule has 4 aromatic rings. The molecular weight excluding hydrogens is 514 g/mol. The van der Waals surface area contributed by atoms with Crippen LogP contribution in [0.15, 0.2) is 87.6 Å². The van der Waals surface area contributed by atoms with E-state index in [0.29, 0.717) is 27.6 Å². The van der Waals surface area contributed by atoms with Crippen molar-refractivity contribution < 1.29 is 9.72 Å². The molecule has 0 spiro atoms. The minimum Gasteiger partial charge on any atom is -0.348 e. The quantitative estimate of drug-likeness (QED) is 0.141. The Morgan fingerprint density at radius 3 is 2.61 bits per heavy atom. The number of nitrogens with zero attached hydrogens (tertiary/aromatic N) is 2. The van der Waals surface area contributed by atoms with Crippen LogP contribution in [-0.4, -0.2) is 17.0 Å². The molecule has 1 aliphatic carbocycles. The highest BCUT2D eigenvalue weighted by molar-refractivity contribution is 7.99. The topological polar surface area (TPSA) is 84.6 Å². The van der Waals surface area contributed by atoms with Gasteiger partial charge in [-0.2, -0.15) is 0 Å². The summed E-state index contributed by atoms with van der Waals surface area (Å²) >= 11 is 2.92. The third-order valence-electron chi connectivity index (χ3n) is 6.44. The molecule has 5 rings (SSSR count). The number of fused-ring (bicyclic) bond motifs is 1. The van der Waals surface area contributed by atoms with Crippen LogP contribution in [0.25, 0.3) is 0 Å². The van der Waals surface area contributed by atoms with Gasteiger partial charge in [-0.15, -0.1) is 11.3 Å². The number of thiophene rings is 1. The molecule has 1 aromatic heterocycles. The first kappa shape index (κ1) is 25.9. The van der Waals surface area contributed by atoms with Gasteiger partial charge in [0, 0.05) is 28.6 Å². The fourth-order valence-electron chi connectivity index (χ4n) is 4.45. The Morgan fingerprint density at radius 1 is 1.08 bits per heavy atom. The number of aryl methyl sites for hydroxylation is 2. The fourth-order valence-corrected chi connectivity index (χ4v) is 6.58. The van der Waals surface area contributed by atoms with E-state index < -0.39 is 0 Å². The van der Waals surface area contributed by atoms with Gasteiger partial charge in [0.05, 0.1) is 15.4 Å². The molecule has 0 radical (unpaired) electrons. The first-order valence-corrected chi connectivity index (χ1v) is 14.1. The molecule has 3 aromatic carbocycles. The van der Waals surface area contributed by atoms with Crippen molar-refractivity contribution in [2.75, 3.05) is 0 Å². The van der Waals surface area contributed by atoms with E-state index in [9.17, 15) is 14.9 Å². The summed E-state index contributed by atoms with van der Waals surface area (Å²) < 4.78 is 0. The molecule has 1 aliphatic rings. The summed E-state index contributed by atoms with van der Waals surface area (Å²) in [6.07, 6.45) is 5.60. The van der Waals surface area contributed by atoms with Gasteiger partial charge in [0.15, 0.2) is 0 Å². The lowest BCUT2D eigenvalue weighted by Crippen LogP contribution is -2.24. The van der Waals surface area contributed by atoms with Crippen molar-refractivity contribution in [3.8, 4) is 0 Å². The van der Waals surface area contributed by atoms with E-state index in [1.54, 1.807) is 29.7 Å². The Bertz CT molecular complexity index is 1500. The van der Waals surface area contributed by atoms with Crippen LogP contribution in [0, 0.1) is 17.0 Å². The zero-order valence-corrected chi connectivity index (χ0v) is 22.6. The van der Waals surface area contributed by atoms with Crippen molar-refractivity contribution in [1.82, 2.24) is 5.32 Å². The third kappa shape index (κ3) is 6.03. The normalized spacial score (nSPS) is 12.9. The van der Waals surface area contributed by atoms with Gasteiger partial charge in [-0.05, 0) is 67.5 Å². The molecule has 1 amide bonds. The smallest absolute Gasteiger partial charge is 0.283 e. The standard InChI is InChI=1S/C30H27N3O3S2/c1-20-11-14-23(15-12-20)37-27-16-13-22(17-25(27)33(35)36)19-32-30-28(24-9-5-6-10-26(24)38-30)29(34)31-18-21-7-3-2-4-8-21/h2-4,7-8,11-17,19H,5-6,9-10,18H2,1H3,(H,31,34). The average Bonchev–Trinajstić information content (AvgIpc) is 3.31. The van der Waals surface area contributed by atoms with Crippen LogP contribution in [0.4, 0.5) is 10.7 Å². The van der Waals surface area contributed by atoms with E-state index in [1.807, 2.05) is 67.6 Å². The van der Waals surface area contributed by atoms with Crippen molar-refractivity contribution in [2.45, 2.75) is 48.9 Å². The molecule has 0 fully saturated rings. The van der Waals surface area contributed by atoms with Gasteiger partial charge in [-0.25, -0.2) is 4.99 Å². The van der Waals surface area contributed by atoms with Gasteiger partial charge in [0.25, 0.3) is 11.6 Å². The molecule has 192 valence electrons. The number of amides is 1. The molecule has 1 heterocycles. The molecule has 0 saturated carbocycles. The van der Waals surface area contributed by atoms with E-state index >= 15 is 0 Å². The predicted molar refractivity (Wildman–Crippen MR) is 154 cm³/mol. The number of nitrogens with one attached hydrogen (secondary N) is 1. The summed E-state index contributed by atoms with van der Waals surface area (Å²) in [4.78, 5) is 32.2. The van der Waals surface area contributed by atoms with Gasteiger partial charge >= 0.3 is 0 Å². The van der Waals surface area contributed by atoms with Crippen LogP contribution in [0.1, 0.15) is 50.3 Å². The molecule has 0 atom stereocenters. The van der Waals surface area contributed by atoms with E-state index in [1.165, 1.54) is 16.6 Å². The van der Waals surface area contributed by atoms with E-state index in [0.717, 1.165) is 47.3 Å². The first-order chi connectivity index (χ1) is 18.5. The molecule has 8 heteroatoms. The van der Waals surface area contributed by atoms with Crippen molar-refractivity contribution in [3.63, 3.8) is 0 Å². The van der Waals surface area contributed by atoms with Crippen molar-refractivity contribution in [2.24, 2.45) is 4.99 Å². The highest BCUT2D eigenvalue weighted by atomic mass is 32.2. The lowest BCUT2D eigenvalue weighted by molar-refractivity contribution is -0.387. The Morgan fingerprint density at radius 2 is 1.84 bits per heavy atom. The number of carbonyl (C=O) groups is 1. The fraction of sp³-hybridized carbons (Fsp3) is 0.200. The second-order valence-electron chi connectivity index (χ2n) is 9.22. The Hall–Kier alpha value is -3.75. The number of hydrogen-bond donors (Lipinski definition) is 1. The number of aliphatic imine (C=N–C) groups is 1. The Balaban J connectivity index is 1.40. The number of nitro benzene ring substituents is 1. The maximum absolute atomic E-state index is 13.3. The molecule has 0 bridgehead atoms. The van der Waals surface area contributed by atoms with Crippen LogP contribution >= 0.6 is 23.1 Å². The SMILES string of the molecule is Cc1ccc(Sc2ccc(C=Nc3sc4c(c3C(=O)NCc3ccccc3)CCCC4)cc2[N+](=O)[O-])cc1. The third-order valence-corrected chi connectivity index (χ3v) is 8.71. The predicted octanol–water partition coefficient (Wildman–Crippen LogP) is 7.68. The molecule has 38 heavy (non-hydrogen) atoms. The van der Waals surface area contributed by atoms with Gasteiger partial charge < -0.3 is 5.32 Å². The summed E-state index contributed by atoms with van der Waals surface area (Å²) in [7, 11) is 0. The summed E-state index contributed by atoms with van der Waals surface area (Å²) in [6, 6.07) is 22.9. The molecule has 0 saturated heterocycles. The molecule has 0 unspecified atom stereocenters. The first-order valence-electron chi connectivity index (χ1n) is 12.5. The lowest BCUT2D eigenvalue weighted by Gasteiger charge is -2.12. The summed E-state index contributed by atoms with van der Waals surface area (Å²) in [5.41, 5.74) is 4.55. The zero-order valence-electron chi connectivity index (χ0n) is 21.0. The second kappa shape index (κ2) is 11.8. The van der Waals surface area contributed by atoms with Crippen LogP contribution in [0.2, 0.25) is 0 Å². The van der Waals surface area contributed by atoms with Gasteiger partial charge in [-0.1, -0.05) is 65.9 Å². The highest BCUT2D eigenvalue weighted by Crippen LogP contribution is 2.40. The van der Waals surface area contributed by atoms with Crippen molar-refractivity contribution in [3.05, 3.63) is 116 Å². The van der Waals surface area contributed by atoms with E-state index in [4.69, 9.17) is 0 Å². The van der Waals surface area contributed by atoms with Gasteiger partial charge in [-0.3, -0.25) is 14.9 Å². The summed E-state index contributed by atoms with van der Waals surface area (Å²) in [5, 5.41) is 15.6. The van der Waals surface area contributed by atoms with Gasteiger partial charge in [0.2, 0.25) is 0 Å². The van der Waals surface area contributed by atoms with Crippen LogP contribution in [0.5, 0.6) is 0 Å². The minimum atomic E-state index is -0.361. The number of nitro groups is 1. The number of benzene rings is 3. The van der Waals surface area contributed by atoms with Crippen LogP contribution in [-0.2, 0) is 19.4 Å². The largest absolute Gasteiger partial charge is 0.348 e. The average molecular weight is 542 g/mol. The van der Waals surface area contributed by atoms with Crippen molar-refractivity contribution in [1.29, 1.82) is 0 Å². The number of carbonyl (C=O) groups excluding carboxylic acids is 1. The Kier molecular flexibility index (Phi) is 8.00.